The van der Waals surface area contributed by atoms with Crippen molar-refractivity contribution in [3.63, 3.8) is 0 Å². The molecule has 3 rings (SSSR count). The van der Waals surface area contributed by atoms with E-state index in [-0.39, 0.29) is 11.8 Å². The van der Waals surface area contributed by atoms with Gasteiger partial charge in [-0.15, -0.1) is 10.2 Å². The molecule has 6 nitrogen and oxygen atoms in total. The van der Waals surface area contributed by atoms with Gasteiger partial charge in [0.2, 0.25) is 17.7 Å². The molecule has 2 heterocycles. The highest BCUT2D eigenvalue weighted by Gasteiger charge is 2.29. The van der Waals surface area contributed by atoms with Crippen molar-refractivity contribution in [2.75, 3.05) is 6.54 Å². The topological polar surface area (TPSA) is 85.3 Å². The maximum atomic E-state index is 11.4. The van der Waals surface area contributed by atoms with Gasteiger partial charge in [-0.2, -0.15) is 0 Å². The van der Waals surface area contributed by atoms with Crippen LogP contribution in [0.5, 0.6) is 0 Å². The van der Waals surface area contributed by atoms with E-state index in [0.29, 0.717) is 37.3 Å². The van der Waals surface area contributed by atoms with Gasteiger partial charge in [-0.05, 0) is 25.3 Å². The first-order valence-corrected chi connectivity index (χ1v) is 8.00. The van der Waals surface area contributed by atoms with Gasteiger partial charge in [0, 0.05) is 12.6 Å². The van der Waals surface area contributed by atoms with E-state index in [0.717, 1.165) is 18.4 Å². The van der Waals surface area contributed by atoms with E-state index in [1.165, 1.54) is 0 Å². The number of nitrogens with zero attached hydrogens (tertiary/aromatic N) is 3. The van der Waals surface area contributed by atoms with Gasteiger partial charge in [0.25, 0.3) is 0 Å². The minimum Gasteiger partial charge on any atom is -0.424 e. The number of primary amides is 1. The van der Waals surface area contributed by atoms with Gasteiger partial charge in [-0.3, -0.25) is 9.69 Å². The van der Waals surface area contributed by atoms with Crippen LogP contribution in [0, 0.1) is 5.92 Å². The molecule has 1 aromatic carbocycles. The van der Waals surface area contributed by atoms with Crippen molar-refractivity contribution in [1.29, 1.82) is 0 Å². The summed E-state index contributed by atoms with van der Waals surface area (Å²) in [5.41, 5.74) is 6.58. The van der Waals surface area contributed by atoms with E-state index in [1.54, 1.807) is 0 Å². The first kappa shape index (κ1) is 15.7. The maximum absolute atomic E-state index is 11.4. The second-order valence-electron chi connectivity index (χ2n) is 6.21. The fourth-order valence-electron chi connectivity index (χ4n) is 3.00. The van der Waals surface area contributed by atoms with E-state index >= 15 is 0 Å². The van der Waals surface area contributed by atoms with E-state index < -0.39 is 0 Å². The molecule has 0 saturated carbocycles. The van der Waals surface area contributed by atoms with Crippen LogP contribution in [0.2, 0.25) is 0 Å². The van der Waals surface area contributed by atoms with E-state index in [1.807, 2.05) is 30.3 Å². The van der Waals surface area contributed by atoms with E-state index in [2.05, 4.69) is 22.0 Å². The molecule has 0 spiro atoms. The smallest absolute Gasteiger partial charge is 0.230 e. The molecule has 0 unspecified atom stereocenters. The van der Waals surface area contributed by atoms with Gasteiger partial charge in [0.15, 0.2) is 0 Å². The van der Waals surface area contributed by atoms with E-state index in [9.17, 15) is 4.79 Å². The Hall–Kier alpha value is -2.21. The van der Waals surface area contributed by atoms with Gasteiger partial charge in [-0.25, -0.2) is 0 Å². The van der Waals surface area contributed by atoms with E-state index in [4.69, 9.17) is 10.2 Å². The summed E-state index contributed by atoms with van der Waals surface area (Å²) < 4.78 is 5.75. The molecular formula is C17H22N4O2. The van der Waals surface area contributed by atoms with Gasteiger partial charge in [0.1, 0.15) is 0 Å². The van der Waals surface area contributed by atoms with Crippen LogP contribution in [0.25, 0.3) is 0 Å². The van der Waals surface area contributed by atoms with Crippen LogP contribution in [0.3, 0.4) is 0 Å². The lowest BCUT2D eigenvalue weighted by Gasteiger charge is -2.35. The molecule has 1 aliphatic heterocycles. The molecule has 0 radical (unpaired) electrons. The lowest BCUT2D eigenvalue weighted by molar-refractivity contribution is -0.124. The van der Waals surface area contributed by atoms with Crippen LogP contribution < -0.4 is 5.73 Å². The van der Waals surface area contributed by atoms with Crippen molar-refractivity contribution in [3.05, 3.63) is 47.7 Å². The summed E-state index contributed by atoms with van der Waals surface area (Å²) in [6.07, 6.45) is 2.45. The average Bonchev–Trinajstić information content (AvgIpc) is 2.97. The second-order valence-corrected chi connectivity index (χ2v) is 6.21. The highest BCUT2D eigenvalue weighted by atomic mass is 16.4. The van der Waals surface area contributed by atoms with Crippen molar-refractivity contribution in [1.82, 2.24) is 15.1 Å². The first-order valence-electron chi connectivity index (χ1n) is 8.00. The molecule has 1 aromatic heterocycles. The fraction of sp³-hybridized carbons (Fsp3) is 0.471. The Balaban J connectivity index is 1.63. The third kappa shape index (κ3) is 3.96. The molecule has 2 N–H and O–H groups in total. The average molecular weight is 314 g/mol. The van der Waals surface area contributed by atoms with Crippen LogP contribution in [0.15, 0.2) is 34.7 Å². The van der Waals surface area contributed by atoms with Gasteiger partial charge < -0.3 is 10.2 Å². The Bertz CT molecular complexity index is 656. The number of amides is 1. The normalized spacial score (nSPS) is 22.1. The molecule has 23 heavy (non-hydrogen) atoms. The van der Waals surface area contributed by atoms with Crippen molar-refractivity contribution >= 4 is 5.91 Å². The summed E-state index contributed by atoms with van der Waals surface area (Å²) in [5, 5.41) is 8.26. The molecule has 1 aliphatic rings. The summed E-state index contributed by atoms with van der Waals surface area (Å²) >= 11 is 0. The maximum Gasteiger partial charge on any atom is 0.230 e. The minimum atomic E-state index is -0.225. The summed E-state index contributed by atoms with van der Waals surface area (Å²) in [5.74, 6) is 0.894. The van der Waals surface area contributed by atoms with Gasteiger partial charge >= 0.3 is 0 Å². The predicted molar refractivity (Wildman–Crippen MR) is 85.3 cm³/mol. The molecule has 0 aliphatic carbocycles. The van der Waals surface area contributed by atoms with Crippen molar-refractivity contribution in [3.8, 4) is 0 Å². The predicted octanol–water partition coefficient (Wildman–Crippen LogP) is 1.75. The third-order valence-corrected chi connectivity index (χ3v) is 4.46. The molecule has 1 fully saturated rings. The van der Waals surface area contributed by atoms with Crippen LogP contribution in [-0.4, -0.2) is 33.6 Å². The largest absolute Gasteiger partial charge is 0.424 e. The number of rotatable bonds is 5. The summed E-state index contributed by atoms with van der Waals surface area (Å²) in [7, 11) is 0. The molecule has 0 bridgehead atoms. The number of hydrogen-bond donors (Lipinski definition) is 1. The molecule has 2 atom stereocenters. The highest BCUT2D eigenvalue weighted by Crippen LogP contribution is 2.23. The quantitative estimate of drug-likeness (QED) is 0.908. The summed E-state index contributed by atoms with van der Waals surface area (Å²) in [6, 6.07) is 10.4. The Labute approximate surface area is 135 Å². The summed E-state index contributed by atoms with van der Waals surface area (Å²) in [4.78, 5) is 13.6. The number of likely N-dealkylation sites (tertiary alicyclic amines) is 1. The SMILES string of the molecule is C[C@@H]1CC[C@H](C(N)=O)CN1Cc1nnc(Cc2ccccc2)o1. The third-order valence-electron chi connectivity index (χ3n) is 4.46. The zero-order valence-corrected chi connectivity index (χ0v) is 13.3. The lowest BCUT2D eigenvalue weighted by atomic mass is 9.93. The fourth-order valence-corrected chi connectivity index (χ4v) is 3.00. The van der Waals surface area contributed by atoms with Crippen LogP contribution in [0.1, 0.15) is 37.1 Å². The number of benzene rings is 1. The van der Waals surface area contributed by atoms with Crippen molar-refractivity contribution in [2.24, 2.45) is 11.7 Å². The number of piperidine rings is 1. The number of carbonyl (C=O) groups excluding carboxylic acids is 1. The van der Waals surface area contributed by atoms with Crippen LogP contribution in [-0.2, 0) is 17.8 Å². The Morgan fingerprint density at radius 2 is 2.00 bits per heavy atom. The molecular weight excluding hydrogens is 292 g/mol. The first-order chi connectivity index (χ1) is 11.1. The Morgan fingerprint density at radius 3 is 2.74 bits per heavy atom. The molecule has 1 amide bonds. The number of carbonyl (C=O) groups is 1. The number of nitrogens with two attached hydrogens (primary N) is 1. The van der Waals surface area contributed by atoms with Crippen molar-refractivity contribution < 1.29 is 9.21 Å². The number of hydrogen-bond acceptors (Lipinski definition) is 5. The second kappa shape index (κ2) is 6.91. The zero-order chi connectivity index (χ0) is 16.2. The molecule has 1 saturated heterocycles. The van der Waals surface area contributed by atoms with Crippen LogP contribution in [0.4, 0.5) is 0 Å². The molecule has 2 aromatic rings. The molecule has 122 valence electrons. The number of aromatic nitrogens is 2. The monoisotopic (exact) mass is 314 g/mol. The minimum absolute atomic E-state index is 0.0853. The van der Waals surface area contributed by atoms with Gasteiger partial charge in [-0.1, -0.05) is 30.3 Å². The Kier molecular flexibility index (Phi) is 4.71. The Morgan fingerprint density at radius 1 is 1.26 bits per heavy atom. The standard InChI is InChI=1S/C17H22N4O2/c1-12-7-8-14(17(18)22)10-21(12)11-16-20-19-15(23-16)9-13-5-3-2-4-6-13/h2-6,12,14H,7-11H2,1H3,(H2,18,22)/t12-,14+/m1/s1. The van der Waals surface area contributed by atoms with Gasteiger partial charge in [0.05, 0.1) is 18.9 Å². The molecule has 6 heteroatoms. The lowest BCUT2D eigenvalue weighted by Crippen LogP contribution is -2.45. The zero-order valence-electron chi connectivity index (χ0n) is 13.3. The van der Waals surface area contributed by atoms with Crippen molar-refractivity contribution in [2.45, 2.75) is 38.8 Å². The highest BCUT2D eigenvalue weighted by molar-refractivity contribution is 5.76. The summed E-state index contributed by atoms with van der Waals surface area (Å²) in [6.45, 7) is 3.37. The van der Waals surface area contributed by atoms with Crippen LogP contribution >= 0.6 is 0 Å².